The molecule has 0 aliphatic rings. The number of aromatic amines is 1. The molecule has 0 unspecified atom stereocenters. The Morgan fingerprint density at radius 1 is 0.958 bits per heavy atom. The zero-order valence-corrected chi connectivity index (χ0v) is 15.6. The van der Waals surface area contributed by atoms with E-state index in [4.69, 9.17) is 4.74 Å². The fourth-order valence-electron chi connectivity index (χ4n) is 2.23. The van der Waals surface area contributed by atoms with Crippen LogP contribution in [0.3, 0.4) is 0 Å². The van der Waals surface area contributed by atoms with Crippen LogP contribution in [0.15, 0.2) is 36.4 Å². The lowest BCUT2D eigenvalue weighted by Crippen LogP contribution is -1.96. The van der Waals surface area contributed by atoms with Crippen molar-refractivity contribution in [3.8, 4) is 11.5 Å². The van der Waals surface area contributed by atoms with Gasteiger partial charge in [0.1, 0.15) is 0 Å². The fourth-order valence-corrected chi connectivity index (χ4v) is 2.23. The number of nitrogens with one attached hydrogen (secondary N) is 1. The number of halogens is 1. The van der Waals surface area contributed by atoms with Gasteiger partial charge in [0.25, 0.3) is 0 Å². The summed E-state index contributed by atoms with van der Waals surface area (Å²) in [5, 5.41) is 12.1. The maximum atomic E-state index is 9.92. The monoisotopic (exact) mass is 335 g/mol. The number of fused-ring (bicyclic) bond motifs is 3. The van der Waals surface area contributed by atoms with Gasteiger partial charge in [-0.15, -0.1) is 0 Å². The van der Waals surface area contributed by atoms with E-state index in [2.05, 4.69) is 11.1 Å². The molecule has 0 aliphatic heterocycles. The molecule has 3 nitrogen and oxygen atoms in total. The van der Waals surface area contributed by atoms with Crippen molar-refractivity contribution in [1.29, 1.82) is 0 Å². The van der Waals surface area contributed by atoms with Gasteiger partial charge in [0.2, 0.25) is 0 Å². The van der Waals surface area contributed by atoms with Crippen LogP contribution in [-0.4, -0.2) is 23.9 Å². The summed E-state index contributed by atoms with van der Waals surface area (Å²) >= 11 is 0. The predicted octanol–water partition coefficient (Wildman–Crippen LogP) is 6.45. The minimum Gasteiger partial charge on any atom is -0.504 e. The molecular formula is C20H30FNO2. The predicted molar refractivity (Wildman–Crippen MR) is 103 cm³/mol. The summed E-state index contributed by atoms with van der Waals surface area (Å²) in [5.41, 5.74) is 1.92. The first kappa shape index (κ1) is 21.8. The lowest BCUT2D eigenvalue weighted by molar-refractivity contribution is 0.303. The van der Waals surface area contributed by atoms with Gasteiger partial charge in [0.05, 0.1) is 19.3 Å². The lowest BCUT2D eigenvalue weighted by Gasteiger charge is -2.07. The van der Waals surface area contributed by atoms with E-state index in [-0.39, 0.29) is 5.75 Å². The first-order valence-electron chi connectivity index (χ1n) is 8.54. The molecule has 0 aliphatic carbocycles. The van der Waals surface area contributed by atoms with Crippen molar-refractivity contribution in [3.05, 3.63) is 36.4 Å². The Kier molecular flexibility index (Phi) is 11.1. The van der Waals surface area contributed by atoms with Crippen LogP contribution in [-0.2, 0) is 0 Å². The van der Waals surface area contributed by atoms with Crippen LogP contribution in [0.1, 0.15) is 41.0 Å². The van der Waals surface area contributed by atoms with Crippen LogP contribution in [0.2, 0.25) is 0 Å². The number of H-pyrrole nitrogens is 1. The number of alkyl halides is 1. The highest BCUT2D eigenvalue weighted by Crippen LogP contribution is 2.37. The Hall–Kier alpha value is -2.23. The highest BCUT2D eigenvalue weighted by Gasteiger charge is 2.12. The number of para-hydroxylation sites is 1. The van der Waals surface area contributed by atoms with E-state index in [9.17, 15) is 9.50 Å². The van der Waals surface area contributed by atoms with E-state index in [0.29, 0.717) is 19.5 Å². The maximum Gasteiger partial charge on any atom is 0.185 e. The van der Waals surface area contributed by atoms with Crippen molar-refractivity contribution in [2.45, 2.75) is 41.0 Å². The summed E-state index contributed by atoms with van der Waals surface area (Å²) in [6.07, 6.45) is 0.913. The molecule has 0 saturated carbocycles. The summed E-state index contributed by atoms with van der Waals surface area (Å²) in [5.74, 6) is 0.730. The molecule has 0 spiro atoms. The summed E-state index contributed by atoms with van der Waals surface area (Å²) in [6, 6.07) is 11.7. The summed E-state index contributed by atoms with van der Waals surface area (Å²) < 4.78 is 15.1. The molecule has 2 N–H and O–H groups in total. The Morgan fingerprint density at radius 3 is 2.21 bits per heavy atom. The minimum absolute atomic E-state index is 0.183. The highest BCUT2D eigenvalue weighted by atomic mass is 19.1. The Balaban J connectivity index is 0.000000798. The molecule has 0 atom stereocenters. The van der Waals surface area contributed by atoms with Gasteiger partial charge in [-0.3, -0.25) is 4.39 Å². The average Bonchev–Trinajstić information content (AvgIpc) is 3.04. The van der Waals surface area contributed by atoms with E-state index in [0.717, 1.165) is 28.2 Å². The van der Waals surface area contributed by atoms with E-state index < -0.39 is 0 Å². The highest BCUT2D eigenvalue weighted by molar-refractivity contribution is 6.09. The van der Waals surface area contributed by atoms with Gasteiger partial charge >= 0.3 is 0 Å². The first-order valence-corrected chi connectivity index (χ1v) is 8.54. The molecule has 1 heterocycles. The van der Waals surface area contributed by atoms with Gasteiger partial charge in [-0.1, -0.05) is 52.8 Å². The molecule has 4 heteroatoms. The largest absolute Gasteiger partial charge is 0.504 e. The molecule has 0 amide bonds. The second-order valence-corrected chi connectivity index (χ2v) is 4.36. The summed E-state index contributed by atoms with van der Waals surface area (Å²) in [4.78, 5) is 3.31. The van der Waals surface area contributed by atoms with Crippen LogP contribution < -0.4 is 4.74 Å². The summed E-state index contributed by atoms with van der Waals surface area (Å²) in [7, 11) is 0.500. The van der Waals surface area contributed by atoms with Gasteiger partial charge in [-0.2, -0.15) is 0 Å². The number of aromatic nitrogens is 1. The van der Waals surface area contributed by atoms with E-state index in [1.54, 1.807) is 6.07 Å². The van der Waals surface area contributed by atoms with E-state index >= 15 is 0 Å². The Bertz CT molecular complexity index is 707. The van der Waals surface area contributed by atoms with Gasteiger partial charge in [0, 0.05) is 16.3 Å². The lowest BCUT2D eigenvalue weighted by atomic mass is 10.1. The number of phenols is 1. The normalized spacial score (nSPS) is 9.12. The zero-order valence-electron chi connectivity index (χ0n) is 15.6. The number of ether oxygens (including phenoxy) is 1. The molecular weight excluding hydrogens is 305 g/mol. The smallest absolute Gasteiger partial charge is 0.185 e. The van der Waals surface area contributed by atoms with E-state index in [1.165, 1.54) is 0 Å². The Morgan fingerprint density at radius 2 is 1.58 bits per heavy atom. The molecule has 24 heavy (non-hydrogen) atoms. The third-order valence-corrected chi connectivity index (χ3v) is 3.06. The maximum absolute atomic E-state index is 9.92. The molecule has 0 fully saturated rings. The summed E-state index contributed by atoms with van der Waals surface area (Å²) in [6.45, 7) is 10.6. The van der Waals surface area contributed by atoms with Crippen LogP contribution in [0.5, 0.6) is 11.5 Å². The molecule has 134 valence electrons. The number of phenolic OH excluding ortho intramolecular Hbond substituents is 1. The number of aromatic hydroxyl groups is 1. The number of hydrogen-bond donors (Lipinski definition) is 2. The quantitative estimate of drug-likeness (QED) is 0.577. The SMILES string of the molecule is CC.CC.CCCOc1c(O)ccc2c1[nH]c1ccccc12.CF. The number of hydrogen-bond acceptors (Lipinski definition) is 2. The fraction of sp³-hybridized carbons (Fsp3) is 0.400. The van der Waals surface area contributed by atoms with Crippen molar-refractivity contribution >= 4 is 21.8 Å². The Labute approximate surface area is 144 Å². The second-order valence-electron chi connectivity index (χ2n) is 4.36. The van der Waals surface area contributed by atoms with Crippen LogP contribution in [0.25, 0.3) is 21.8 Å². The molecule has 0 bridgehead atoms. The molecule has 3 aromatic rings. The molecule has 2 aromatic carbocycles. The third kappa shape index (κ3) is 4.88. The van der Waals surface area contributed by atoms with E-state index in [1.807, 2.05) is 58.9 Å². The molecule has 0 saturated heterocycles. The van der Waals surface area contributed by atoms with Crippen molar-refractivity contribution in [2.24, 2.45) is 0 Å². The molecule has 1 aromatic heterocycles. The standard InChI is InChI=1S/C15H15NO2.2C2H6.CH3F/c1-2-9-18-15-13(17)8-7-11-10-5-3-4-6-12(10)16-14(11)15;3*1-2/h3-8,16-17H,2,9H2,1H3;2*1-2H3;1H3. The van der Waals surface area contributed by atoms with Crippen LogP contribution >= 0.6 is 0 Å². The van der Waals surface area contributed by atoms with Gasteiger partial charge < -0.3 is 14.8 Å². The van der Waals surface area contributed by atoms with Crippen molar-refractivity contribution in [1.82, 2.24) is 4.98 Å². The van der Waals surface area contributed by atoms with Crippen molar-refractivity contribution in [2.75, 3.05) is 13.8 Å². The van der Waals surface area contributed by atoms with Gasteiger partial charge in [-0.05, 0) is 24.6 Å². The minimum atomic E-state index is 0.183. The van der Waals surface area contributed by atoms with Crippen molar-refractivity contribution < 1.29 is 14.2 Å². The third-order valence-electron chi connectivity index (χ3n) is 3.06. The average molecular weight is 335 g/mol. The number of benzene rings is 2. The molecule has 0 radical (unpaired) electrons. The zero-order chi connectivity index (χ0) is 18.5. The van der Waals surface area contributed by atoms with Gasteiger partial charge in [0.15, 0.2) is 11.5 Å². The first-order chi connectivity index (χ1) is 11.8. The second kappa shape index (κ2) is 12.2. The van der Waals surface area contributed by atoms with Crippen molar-refractivity contribution in [3.63, 3.8) is 0 Å². The topological polar surface area (TPSA) is 45.2 Å². The number of rotatable bonds is 3. The van der Waals surface area contributed by atoms with Crippen LogP contribution in [0, 0.1) is 0 Å². The molecule has 3 rings (SSSR count). The van der Waals surface area contributed by atoms with Crippen LogP contribution in [0.4, 0.5) is 4.39 Å². The van der Waals surface area contributed by atoms with Gasteiger partial charge in [-0.25, -0.2) is 0 Å².